The summed E-state index contributed by atoms with van der Waals surface area (Å²) in [7, 11) is 0. The van der Waals surface area contributed by atoms with Crippen molar-refractivity contribution in [3.63, 3.8) is 0 Å². The lowest BCUT2D eigenvalue weighted by molar-refractivity contribution is 0.209. The summed E-state index contributed by atoms with van der Waals surface area (Å²) in [5.41, 5.74) is 0. The van der Waals surface area contributed by atoms with Crippen LogP contribution in [0.25, 0.3) is 0 Å². The maximum Gasteiger partial charge on any atom is 0.0763 e. The minimum atomic E-state index is 0.662. The van der Waals surface area contributed by atoms with Crippen LogP contribution in [0.4, 0.5) is 0 Å². The molecule has 1 heterocycles. The lowest BCUT2D eigenvalue weighted by Gasteiger charge is -2.30. The van der Waals surface area contributed by atoms with Gasteiger partial charge in [-0.25, -0.2) is 0 Å². The van der Waals surface area contributed by atoms with E-state index in [2.05, 4.69) is 10.2 Å². The van der Waals surface area contributed by atoms with E-state index in [-0.39, 0.29) is 0 Å². The highest BCUT2D eigenvalue weighted by atomic mass is 15.2. The highest BCUT2D eigenvalue weighted by Crippen LogP contribution is 2.61. The summed E-state index contributed by atoms with van der Waals surface area (Å²) in [5.74, 6) is 4.06. The normalized spacial score (nSPS) is 64.7. The van der Waals surface area contributed by atoms with E-state index in [1.54, 1.807) is 0 Å². The van der Waals surface area contributed by atoms with E-state index < -0.39 is 0 Å². The van der Waals surface area contributed by atoms with Crippen LogP contribution in [0.15, 0.2) is 10.2 Å². The van der Waals surface area contributed by atoms with Gasteiger partial charge in [0.1, 0.15) is 0 Å². The molecule has 0 aromatic heterocycles. The molecule has 3 saturated carbocycles. The Balaban J connectivity index is 1.82. The zero-order valence-electron chi connectivity index (χ0n) is 7.19. The smallest absolute Gasteiger partial charge is 0.0763 e. The molecule has 0 amide bonds. The largest absolute Gasteiger partial charge is 0.190 e. The third-order valence-corrected chi connectivity index (χ3v) is 4.78. The van der Waals surface area contributed by atoms with Gasteiger partial charge in [-0.15, -0.1) is 0 Å². The summed E-state index contributed by atoms with van der Waals surface area (Å²) in [6, 6.07) is 1.32. The summed E-state index contributed by atoms with van der Waals surface area (Å²) in [5, 5.41) is 8.78. The van der Waals surface area contributed by atoms with Gasteiger partial charge in [-0.05, 0) is 49.4 Å². The maximum absolute atomic E-state index is 4.39. The van der Waals surface area contributed by atoms with Crippen molar-refractivity contribution in [2.45, 2.75) is 37.8 Å². The highest BCUT2D eigenvalue weighted by Gasteiger charge is 2.59. The van der Waals surface area contributed by atoms with Crippen molar-refractivity contribution in [3.05, 3.63) is 0 Å². The van der Waals surface area contributed by atoms with Crippen LogP contribution < -0.4 is 0 Å². The molecule has 0 aromatic carbocycles. The molecule has 6 atom stereocenters. The zero-order chi connectivity index (χ0) is 7.71. The van der Waals surface area contributed by atoms with E-state index in [0.717, 1.165) is 23.7 Å². The summed E-state index contributed by atoms with van der Waals surface area (Å²) in [6.45, 7) is 0. The van der Waals surface area contributed by atoms with Gasteiger partial charge in [-0.3, -0.25) is 0 Å². The van der Waals surface area contributed by atoms with Gasteiger partial charge in [0.25, 0.3) is 0 Å². The molecule has 4 bridgehead atoms. The average Bonchev–Trinajstić information content (AvgIpc) is 2.83. The van der Waals surface area contributed by atoms with Gasteiger partial charge in [-0.2, -0.15) is 10.2 Å². The second kappa shape index (κ2) is 1.75. The van der Waals surface area contributed by atoms with E-state index in [0.29, 0.717) is 12.1 Å². The fourth-order valence-electron chi connectivity index (χ4n) is 4.50. The van der Waals surface area contributed by atoms with Crippen molar-refractivity contribution >= 4 is 0 Å². The zero-order valence-corrected chi connectivity index (χ0v) is 7.19. The van der Waals surface area contributed by atoms with Crippen LogP contribution in [0.2, 0.25) is 0 Å². The Labute approximate surface area is 72.4 Å². The molecule has 12 heavy (non-hydrogen) atoms. The monoisotopic (exact) mass is 162 g/mol. The van der Waals surface area contributed by atoms with Gasteiger partial charge in [0.05, 0.1) is 12.1 Å². The third kappa shape index (κ3) is 0.502. The van der Waals surface area contributed by atoms with Crippen molar-refractivity contribution in [1.29, 1.82) is 0 Å². The van der Waals surface area contributed by atoms with Crippen LogP contribution in [0.1, 0.15) is 25.7 Å². The molecular weight excluding hydrogens is 148 g/mol. The van der Waals surface area contributed by atoms with Crippen LogP contribution in [0, 0.1) is 23.7 Å². The van der Waals surface area contributed by atoms with Crippen LogP contribution in [0.3, 0.4) is 0 Å². The van der Waals surface area contributed by atoms with Gasteiger partial charge in [0.15, 0.2) is 0 Å². The first kappa shape index (κ1) is 6.11. The minimum Gasteiger partial charge on any atom is -0.190 e. The van der Waals surface area contributed by atoms with Gasteiger partial charge in [-0.1, -0.05) is 0 Å². The molecule has 0 unspecified atom stereocenters. The second-order valence-electron chi connectivity index (χ2n) is 5.09. The molecule has 0 spiro atoms. The van der Waals surface area contributed by atoms with E-state index in [1.165, 1.54) is 25.7 Å². The van der Waals surface area contributed by atoms with E-state index >= 15 is 0 Å². The molecule has 64 valence electrons. The molecule has 4 rings (SSSR count). The van der Waals surface area contributed by atoms with Crippen molar-refractivity contribution in [2.75, 3.05) is 0 Å². The molecule has 1 aliphatic heterocycles. The molecule has 2 nitrogen and oxygen atoms in total. The van der Waals surface area contributed by atoms with Crippen molar-refractivity contribution < 1.29 is 0 Å². The summed E-state index contributed by atoms with van der Waals surface area (Å²) >= 11 is 0. The Morgan fingerprint density at radius 2 is 1.33 bits per heavy atom. The minimum absolute atomic E-state index is 0.662. The average molecular weight is 162 g/mol. The first-order valence-corrected chi connectivity index (χ1v) is 5.33. The Hall–Kier alpha value is -0.400. The second-order valence-corrected chi connectivity index (χ2v) is 5.09. The van der Waals surface area contributed by atoms with Gasteiger partial charge >= 0.3 is 0 Å². The lowest BCUT2D eigenvalue weighted by Crippen LogP contribution is -2.29. The Morgan fingerprint density at radius 3 is 1.92 bits per heavy atom. The first-order chi connectivity index (χ1) is 5.93. The Bertz CT molecular complexity index is 237. The predicted molar refractivity (Wildman–Crippen MR) is 44.9 cm³/mol. The quantitative estimate of drug-likeness (QED) is 0.488. The molecule has 4 aliphatic rings. The molecule has 2 heteroatoms. The van der Waals surface area contributed by atoms with E-state index in [9.17, 15) is 0 Å². The third-order valence-electron chi connectivity index (χ3n) is 4.78. The maximum atomic E-state index is 4.39. The fraction of sp³-hybridized carbons (Fsp3) is 1.00. The topological polar surface area (TPSA) is 24.7 Å². The SMILES string of the molecule is C1C[C@H]2C[C@H]1[C@@H]1[C@H]2[C@H]2C[C@H]1N=N2. The van der Waals surface area contributed by atoms with Crippen molar-refractivity contribution in [3.8, 4) is 0 Å². The number of fused-ring (bicyclic) bond motifs is 9. The number of hydrogen-bond acceptors (Lipinski definition) is 2. The lowest BCUT2D eigenvalue weighted by atomic mass is 9.79. The Morgan fingerprint density at radius 1 is 0.750 bits per heavy atom. The summed E-state index contributed by atoms with van der Waals surface area (Å²) in [6.07, 6.45) is 5.84. The summed E-state index contributed by atoms with van der Waals surface area (Å²) in [4.78, 5) is 0. The van der Waals surface area contributed by atoms with Crippen LogP contribution in [-0.2, 0) is 0 Å². The number of nitrogens with zero attached hydrogens (tertiary/aromatic N) is 2. The molecule has 0 saturated heterocycles. The number of rotatable bonds is 0. The van der Waals surface area contributed by atoms with Crippen LogP contribution >= 0.6 is 0 Å². The van der Waals surface area contributed by atoms with E-state index in [1.807, 2.05) is 0 Å². The molecule has 0 radical (unpaired) electrons. The fourth-order valence-corrected chi connectivity index (χ4v) is 4.50. The van der Waals surface area contributed by atoms with Crippen LogP contribution in [0.5, 0.6) is 0 Å². The number of hydrogen-bond donors (Lipinski definition) is 0. The molecular formula is C10H14N2. The van der Waals surface area contributed by atoms with Gasteiger partial charge < -0.3 is 0 Å². The molecule has 3 fully saturated rings. The Kier molecular flexibility index (Phi) is 0.894. The predicted octanol–water partition coefficient (Wildman–Crippen LogP) is 2.26. The van der Waals surface area contributed by atoms with E-state index in [4.69, 9.17) is 0 Å². The van der Waals surface area contributed by atoms with Gasteiger partial charge in [0.2, 0.25) is 0 Å². The van der Waals surface area contributed by atoms with Gasteiger partial charge in [0, 0.05) is 0 Å². The molecule has 3 aliphatic carbocycles. The number of azo groups is 1. The molecule has 0 aromatic rings. The molecule has 0 N–H and O–H groups in total. The highest BCUT2D eigenvalue weighted by molar-refractivity contribution is 5.12. The first-order valence-electron chi connectivity index (χ1n) is 5.33. The summed E-state index contributed by atoms with van der Waals surface area (Å²) < 4.78 is 0. The van der Waals surface area contributed by atoms with Crippen molar-refractivity contribution in [1.82, 2.24) is 0 Å². The van der Waals surface area contributed by atoms with Crippen LogP contribution in [-0.4, -0.2) is 12.1 Å². The standard InChI is InChI=1S/C10H14N2/c1-2-6-3-5(1)9-7-4-8(10(6)9)12-11-7/h5-10H,1-4H2/t5-,6-,7+,8+,9-,10+/m0/s1. The van der Waals surface area contributed by atoms with Crippen molar-refractivity contribution in [2.24, 2.45) is 33.9 Å².